The molecule has 0 fully saturated rings. The lowest BCUT2D eigenvalue weighted by molar-refractivity contribution is 0.381. The Bertz CT molecular complexity index is 325. The molecule has 0 aliphatic rings. The maximum absolute atomic E-state index is 13.8. The summed E-state index contributed by atoms with van der Waals surface area (Å²) in [7, 11) is 1.47. The lowest BCUT2D eigenvalue weighted by Crippen LogP contribution is -2.18. The molecule has 0 aliphatic heterocycles. The normalized spacial score (nSPS) is 14.7. The molecule has 3 heteroatoms. The molecular formula is C12H18FNO. The quantitative estimate of drug-likeness (QED) is 0.831. The summed E-state index contributed by atoms with van der Waals surface area (Å²) in [6.45, 7) is 3.90. The molecule has 0 saturated carbocycles. The van der Waals surface area contributed by atoms with Crippen LogP contribution >= 0.6 is 0 Å². The topological polar surface area (TPSA) is 35.2 Å². The van der Waals surface area contributed by atoms with Crippen molar-refractivity contribution in [2.75, 3.05) is 7.11 Å². The smallest absolute Gasteiger partial charge is 0.168 e. The van der Waals surface area contributed by atoms with Crippen LogP contribution in [0.1, 0.15) is 31.7 Å². The fraction of sp³-hybridized carbons (Fsp3) is 0.500. The first-order chi connectivity index (χ1) is 7.06. The molecule has 84 valence electrons. The molecule has 1 rings (SSSR count). The minimum atomic E-state index is -0.270. The van der Waals surface area contributed by atoms with E-state index in [0.29, 0.717) is 11.3 Å². The first-order valence-corrected chi connectivity index (χ1v) is 5.14. The molecule has 2 unspecified atom stereocenters. The SMILES string of the molecule is COc1cccc(C(C)CC(C)N)c1F. The standard InChI is InChI=1S/C12H18FNO/c1-8(7-9(2)14)10-5-4-6-11(15-3)12(10)13/h4-6,8-9H,7,14H2,1-3H3. The van der Waals surface area contributed by atoms with E-state index in [2.05, 4.69) is 0 Å². The predicted molar refractivity (Wildman–Crippen MR) is 59.6 cm³/mol. The predicted octanol–water partition coefficient (Wildman–Crippen LogP) is 2.68. The Morgan fingerprint density at radius 3 is 2.60 bits per heavy atom. The third-order valence-electron chi connectivity index (χ3n) is 2.47. The average molecular weight is 211 g/mol. The molecule has 1 aromatic carbocycles. The average Bonchev–Trinajstić information content (AvgIpc) is 2.17. The van der Waals surface area contributed by atoms with Gasteiger partial charge >= 0.3 is 0 Å². The zero-order valence-electron chi connectivity index (χ0n) is 9.46. The summed E-state index contributed by atoms with van der Waals surface area (Å²) in [5, 5.41) is 0. The highest BCUT2D eigenvalue weighted by Gasteiger charge is 2.15. The molecular weight excluding hydrogens is 193 g/mol. The van der Waals surface area contributed by atoms with Gasteiger partial charge in [0, 0.05) is 6.04 Å². The number of nitrogens with two attached hydrogens (primary N) is 1. The van der Waals surface area contributed by atoms with Gasteiger partial charge < -0.3 is 10.5 Å². The van der Waals surface area contributed by atoms with Crippen molar-refractivity contribution in [2.45, 2.75) is 32.2 Å². The molecule has 0 bridgehead atoms. The van der Waals surface area contributed by atoms with Crippen LogP contribution in [0, 0.1) is 5.82 Å². The van der Waals surface area contributed by atoms with Gasteiger partial charge in [-0.1, -0.05) is 19.1 Å². The number of hydrogen-bond acceptors (Lipinski definition) is 2. The van der Waals surface area contributed by atoms with E-state index in [9.17, 15) is 4.39 Å². The van der Waals surface area contributed by atoms with Crippen LogP contribution in [0.2, 0.25) is 0 Å². The van der Waals surface area contributed by atoms with Crippen molar-refractivity contribution in [3.8, 4) is 5.75 Å². The summed E-state index contributed by atoms with van der Waals surface area (Å²) in [5.74, 6) is 0.136. The third kappa shape index (κ3) is 2.93. The van der Waals surface area contributed by atoms with Crippen molar-refractivity contribution in [3.05, 3.63) is 29.6 Å². The Hall–Kier alpha value is -1.09. The van der Waals surface area contributed by atoms with E-state index in [4.69, 9.17) is 10.5 Å². The number of rotatable bonds is 4. The van der Waals surface area contributed by atoms with Crippen molar-refractivity contribution in [1.82, 2.24) is 0 Å². The maximum atomic E-state index is 13.8. The second-order valence-electron chi connectivity index (χ2n) is 3.98. The van der Waals surface area contributed by atoms with Gasteiger partial charge in [-0.2, -0.15) is 0 Å². The first kappa shape index (κ1) is 12.0. The van der Waals surface area contributed by atoms with E-state index in [1.165, 1.54) is 7.11 Å². The van der Waals surface area contributed by atoms with Gasteiger partial charge in [0.2, 0.25) is 0 Å². The summed E-state index contributed by atoms with van der Waals surface area (Å²) in [5.41, 5.74) is 6.37. The highest BCUT2D eigenvalue weighted by atomic mass is 19.1. The van der Waals surface area contributed by atoms with Crippen LogP contribution in [0.25, 0.3) is 0 Å². The largest absolute Gasteiger partial charge is 0.494 e. The number of ether oxygens (including phenoxy) is 1. The first-order valence-electron chi connectivity index (χ1n) is 5.14. The van der Waals surface area contributed by atoms with Gasteiger partial charge in [0.1, 0.15) is 0 Å². The molecule has 1 aromatic rings. The number of methoxy groups -OCH3 is 1. The van der Waals surface area contributed by atoms with Crippen LogP contribution in [0.4, 0.5) is 4.39 Å². The van der Waals surface area contributed by atoms with E-state index in [1.54, 1.807) is 18.2 Å². The summed E-state index contributed by atoms with van der Waals surface area (Å²) in [6.07, 6.45) is 0.768. The highest BCUT2D eigenvalue weighted by Crippen LogP contribution is 2.28. The van der Waals surface area contributed by atoms with Gasteiger partial charge in [-0.25, -0.2) is 4.39 Å². The summed E-state index contributed by atoms with van der Waals surface area (Å²) in [6, 6.07) is 5.28. The summed E-state index contributed by atoms with van der Waals surface area (Å²) >= 11 is 0. The second kappa shape index (κ2) is 5.12. The molecule has 2 atom stereocenters. The van der Waals surface area contributed by atoms with Crippen LogP contribution in [0.15, 0.2) is 18.2 Å². The fourth-order valence-electron chi connectivity index (χ4n) is 1.75. The lowest BCUT2D eigenvalue weighted by atomic mass is 9.94. The van der Waals surface area contributed by atoms with E-state index in [1.807, 2.05) is 13.8 Å². The van der Waals surface area contributed by atoms with Gasteiger partial charge in [-0.05, 0) is 30.9 Å². The van der Waals surface area contributed by atoms with Gasteiger partial charge in [0.05, 0.1) is 7.11 Å². The summed E-state index contributed by atoms with van der Waals surface area (Å²) in [4.78, 5) is 0. The maximum Gasteiger partial charge on any atom is 0.168 e. The molecule has 0 radical (unpaired) electrons. The Balaban J connectivity index is 2.93. The molecule has 15 heavy (non-hydrogen) atoms. The van der Waals surface area contributed by atoms with Crippen molar-refractivity contribution in [1.29, 1.82) is 0 Å². The number of hydrogen-bond donors (Lipinski definition) is 1. The summed E-state index contributed by atoms with van der Waals surface area (Å²) < 4.78 is 18.7. The molecule has 2 N–H and O–H groups in total. The van der Waals surface area contributed by atoms with Gasteiger partial charge in [-0.15, -0.1) is 0 Å². The monoisotopic (exact) mass is 211 g/mol. The molecule has 0 spiro atoms. The molecule has 0 amide bonds. The number of halogens is 1. The van der Waals surface area contributed by atoms with Crippen LogP contribution in [0.3, 0.4) is 0 Å². The van der Waals surface area contributed by atoms with Gasteiger partial charge in [0.25, 0.3) is 0 Å². The molecule has 0 aromatic heterocycles. The van der Waals surface area contributed by atoms with E-state index in [0.717, 1.165) is 6.42 Å². The van der Waals surface area contributed by atoms with E-state index >= 15 is 0 Å². The van der Waals surface area contributed by atoms with Crippen molar-refractivity contribution in [3.63, 3.8) is 0 Å². The Morgan fingerprint density at radius 1 is 1.40 bits per heavy atom. The number of benzene rings is 1. The minimum absolute atomic E-state index is 0.0746. The fourth-order valence-corrected chi connectivity index (χ4v) is 1.75. The lowest BCUT2D eigenvalue weighted by Gasteiger charge is -2.16. The zero-order valence-corrected chi connectivity index (χ0v) is 9.46. The zero-order chi connectivity index (χ0) is 11.4. The molecule has 0 heterocycles. The molecule has 2 nitrogen and oxygen atoms in total. The van der Waals surface area contributed by atoms with Gasteiger partial charge in [-0.3, -0.25) is 0 Å². The van der Waals surface area contributed by atoms with Crippen molar-refractivity contribution >= 4 is 0 Å². The van der Waals surface area contributed by atoms with Gasteiger partial charge in [0.15, 0.2) is 11.6 Å². The van der Waals surface area contributed by atoms with Crippen molar-refractivity contribution < 1.29 is 9.13 Å². The second-order valence-corrected chi connectivity index (χ2v) is 3.98. The van der Waals surface area contributed by atoms with Crippen LogP contribution in [-0.2, 0) is 0 Å². The van der Waals surface area contributed by atoms with E-state index in [-0.39, 0.29) is 17.8 Å². The van der Waals surface area contributed by atoms with E-state index < -0.39 is 0 Å². The Labute approximate surface area is 90.2 Å². The Kier molecular flexibility index (Phi) is 4.09. The molecule has 0 saturated heterocycles. The van der Waals surface area contributed by atoms with Crippen LogP contribution in [0.5, 0.6) is 5.75 Å². The minimum Gasteiger partial charge on any atom is -0.494 e. The third-order valence-corrected chi connectivity index (χ3v) is 2.47. The Morgan fingerprint density at radius 2 is 2.07 bits per heavy atom. The van der Waals surface area contributed by atoms with Crippen LogP contribution in [-0.4, -0.2) is 13.2 Å². The molecule has 0 aliphatic carbocycles. The van der Waals surface area contributed by atoms with Crippen LogP contribution < -0.4 is 10.5 Å². The van der Waals surface area contributed by atoms with Crippen molar-refractivity contribution in [2.24, 2.45) is 5.73 Å². The highest BCUT2D eigenvalue weighted by molar-refractivity contribution is 5.33.